The lowest BCUT2D eigenvalue weighted by Crippen LogP contribution is -1.98. The molecule has 0 aliphatic rings. The van der Waals surface area contributed by atoms with Crippen molar-refractivity contribution in [1.82, 2.24) is 0 Å². The summed E-state index contributed by atoms with van der Waals surface area (Å²) in [7, 11) is 1.16. The van der Waals surface area contributed by atoms with Gasteiger partial charge in [-0.05, 0) is 6.07 Å². The molecule has 94 valence electrons. The summed E-state index contributed by atoms with van der Waals surface area (Å²) in [5.74, 6) is 1.29. The third-order valence-corrected chi connectivity index (χ3v) is 1.92. The first-order valence-electron chi connectivity index (χ1n) is 4.65. The lowest BCUT2D eigenvalue weighted by Gasteiger charge is -1.97. The van der Waals surface area contributed by atoms with E-state index in [0.717, 1.165) is 7.11 Å². The van der Waals surface area contributed by atoms with Crippen molar-refractivity contribution >= 4 is 11.7 Å². The Hall–Kier alpha value is -2.49. The fourth-order valence-electron chi connectivity index (χ4n) is 1.07. The molecule has 0 unspecified atom stereocenters. The van der Waals surface area contributed by atoms with Crippen molar-refractivity contribution in [3.8, 4) is 11.8 Å². The molecule has 0 saturated carbocycles. The van der Waals surface area contributed by atoms with Gasteiger partial charge in [0.05, 0.1) is 18.1 Å². The number of halogens is 2. The molecule has 0 fully saturated rings. The molecule has 0 bridgehead atoms. The highest BCUT2D eigenvalue weighted by Gasteiger charge is 2.17. The minimum absolute atomic E-state index is 0.299. The van der Waals surface area contributed by atoms with Crippen LogP contribution in [-0.4, -0.2) is 18.0 Å². The van der Waals surface area contributed by atoms with Crippen molar-refractivity contribution < 1.29 is 23.2 Å². The highest BCUT2D eigenvalue weighted by molar-refractivity contribution is 5.72. The molecule has 0 heterocycles. The molecule has 7 heteroatoms. The number of carbonyl (C=O) groups excluding carboxylic acids is 1. The first kappa shape index (κ1) is 13.6. The maximum atomic E-state index is 12.9. The Morgan fingerprint density at radius 3 is 2.61 bits per heavy atom. The van der Waals surface area contributed by atoms with Crippen molar-refractivity contribution in [2.45, 2.75) is 6.42 Å². The second kappa shape index (κ2) is 5.72. The number of ether oxygens (including phenoxy) is 1. The fraction of sp³-hybridized carbons (Fsp3) is 0.182. The largest absolute Gasteiger partial charge is 0.468 e. The Labute approximate surface area is 101 Å². The summed E-state index contributed by atoms with van der Waals surface area (Å²) in [6.07, 6.45) is -0.299. The molecule has 1 aromatic rings. The normalized spacial score (nSPS) is 9.28. The molecule has 0 N–H and O–H groups in total. The van der Waals surface area contributed by atoms with E-state index >= 15 is 0 Å². The molecule has 1 rings (SSSR count). The first-order valence-corrected chi connectivity index (χ1v) is 4.65. The Morgan fingerprint density at radius 1 is 1.44 bits per heavy atom. The third-order valence-electron chi connectivity index (χ3n) is 1.92. The van der Waals surface area contributed by atoms with Gasteiger partial charge in [-0.25, -0.2) is 8.78 Å². The second-order valence-corrected chi connectivity index (χ2v) is 3.10. The van der Waals surface area contributed by atoms with Gasteiger partial charge in [0.2, 0.25) is 0 Å². The summed E-state index contributed by atoms with van der Waals surface area (Å²) >= 11 is 0. The summed E-state index contributed by atoms with van der Waals surface area (Å²) < 4.78 is 30.0. The van der Waals surface area contributed by atoms with Gasteiger partial charge in [0.1, 0.15) is 12.0 Å². The Morgan fingerprint density at radius 2 is 2.06 bits per heavy atom. The van der Waals surface area contributed by atoms with E-state index in [0.29, 0.717) is 12.1 Å². The zero-order valence-electron chi connectivity index (χ0n) is 9.20. The van der Waals surface area contributed by atoms with Crippen LogP contribution in [0.2, 0.25) is 0 Å². The Kier molecular flexibility index (Phi) is 4.32. The number of hydrogen-bond acceptors (Lipinski definition) is 4. The molecule has 0 atom stereocenters. The molecule has 18 heavy (non-hydrogen) atoms. The quantitative estimate of drug-likeness (QED) is 0.349. The fourth-order valence-corrected chi connectivity index (χ4v) is 1.07. The van der Waals surface area contributed by atoms with Gasteiger partial charge >= 0.3 is 5.97 Å². The van der Waals surface area contributed by atoms with Gasteiger partial charge in [0.15, 0.2) is 11.6 Å². The van der Waals surface area contributed by atoms with Crippen LogP contribution in [0.15, 0.2) is 12.1 Å². The van der Waals surface area contributed by atoms with Crippen LogP contribution in [0.4, 0.5) is 14.5 Å². The number of nitro groups is 1. The van der Waals surface area contributed by atoms with Crippen molar-refractivity contribution in [2.24, 2.45) is 0 Å². The summed E-state index contributed by atoms with van der Waals surface area (Å²) in [6, 6.07) is 1.05. The molecule has 0 amide bonds. The molecule has 0 spiro atoms. The summed E-state index contributed by atoms with van der Waals surface area (Å²) in [4.78, 5) is 20.5. The van der Waals surface area contributed by atoms with Crippen LogP contribution in [0.5, 0.6) is 0 Å². The maximum Gasteiger partial charge on any atom is 0.317 e. The molecule has 0 saturated heterocycles. The summed E-state index contributed by atoms with van der Waals surface area (Å²) in [6.45, 7) is 0. The van der Waals surface area contributed by atoms with Gasteiger partial charge in [-0.2, -0.15) is 0 Å². The van der Waals surface area contributed by atoms with Crippen LogP contribution in [0.1, 0.15) is 12.0 Å². The van der Waals surface area contributed by atoms with E-state index in [1.165, 1.54) is 0 Å². The Bertz CT molecular complexity index is 560. The van der Waals surface area contributed by atoms with Crippen LogP contribution in [0.25, 0.3) is 0 Å². The van der Waals surface area contributed by atoms with E-state index in [2.05, 4.69) is 16.6 Å². The van der Waals surface area contributed by atoms with E-state index in [1.807, 2.05) is 0 Å². The van der Waals surface area contributed by atoms with E-state index in [1.54, 1.807) is 0 Å². The standard InChI is InChI=1S/C11H7F2NO4/c1-18-11(15)4-2-3-7-5-8(12)9(13)6-10(7)14(16)17/h5-6H,4H2,1H3. The molecule has 0 aromatic heterocycles. The molecular formula is C11H7F2NO4. The molecule has 5 nitrogen and oxygen atoms in total. The maximum absolute atomic E-state index is 12.9. The van der Waals surface area contributed by atoms with Gasteiger partial charge in [-0.15, -0.1) is 0 Å². The van der Waals surface area contributed by atoms with Crippen LogP contribution in [-0.2, 0) is 9.53 Å². The minimum Gasteiger partial charge on any atom is -0.468 e. The monoisotopic (exact) mass is 255 g/mol. The van der Waals surface area contributed by atoms with Crippen molar-refractivity contribution in [2.75, 3.05) is 7.11 Å². The van der Waals surface area contributed by atoms with Gasteiger partial charge in [-0.1, -0.05) is 11.8 Å². The number of benzene rings is 1. The number of carbonyl (C=O) groups is 1. The van der Waals surface area contributed by atoms with Crippen molar-refractivity contribution in [3.63, 3.8) is 0 Å². The number of rotatable bonds is 2. The number of nitrogens with zero attached hydrogens (tertiary/aromatic N) is 1. The zero-order chi connectivity index (χ0) is 13.7. The lowest BCUT2D eigenvalue weighted by molar-refractivity contribution is -0.385. The lowest BCUT2D eigenvalue weighted by atomic mass is 10.1. The highest BCUT2D eigenvalue weighted by Crippen LogP contribution is 2.21. The summed E-state index contributed by atoms with van der Waals surface area (Å²) in [5, 5.41) is 10.6. The van der Waals surface area contributed by atoms with Gasteiger partial charge in [-0.3, -0.25) is 14.9 Å². The molecular weight excluding hydrogens is 248 g/mol. The Balaban J connectivity index is 3.11. The number of esters is 1. The SMILES string of the molecule is COC(=O)CC#Cc1cc(F)c(F)cc1[N+](=O)[O-]. The highest BCUT2D eigenvalue weighted by atomic mass is 19.2. The van der Waals surface area contributed by atoms with E-state index < -0.39 is 28.2 Å². The minimum atomic E-state index is -1.33. The average molecular weight is 255 g/mol. The van der Waals surface area contributed by atoms with Crippen molar-refractivity contribution in [1.29, 1.82) is 0 Å². The van der Waals surface area contributed by atoms with E-state index in [4.69, 9.17) is 0 Å². The van der Waals surface area contributed by atoms with E-state index in [9.17, 15) is 23.7 Å². The zero-order valence-corrected chi connectivity index (χ0v) is 9.20. The van der Waals surface area contributed by atoms with Gasteiger partial charge in [0.25, 0.3) is 5.69 Å². The van der Waals surface area contributed by atoms with Crippen LogP contribution >= 0.6 is 0 Å². The predicted octanol–water partition coefficient (Wildman–Crippen LogP) is 1.79. The van der Waals surface area contributed by atoms with Gasteiger partial charge < -0.3 is 4.74 Å². The number of methoxy groups -OCH3 is 1. The third kappa shape index (κ3) is 3.25. The summed E-state index contributed by atoms with van der Waals surface area (Å²) in [5.41, 5.74) is -0.964. The average Bonchev–Trinajstić information content (AvgIpc) is 2.32. The van der Waals surface area contributed by atoms with Gasteiger partial charge in [0, 0.05) is 0 Å². The first-order chi connectivity index (χ1) is 8.45. The molecule has 0 radical (unpaired) electrons. The smallest absolute Gasteiger partial charge is 0.317 e. The molecule has 0 aliphatic carbocycles. The topological polar surface area (TPSA) is 69.4 Å². The number of nitro benzene ring substituents is 1. The molecule has 1 aromatic carbocycles. The van der Waals surface area contributed by atoms with E-state index in [-0.39, 0.29) is 12.0 Å². The van der Waals surface area contributed by atoms with Crippen LogP contribution < -0.4 is 0 Å². The van der Waals surface area contributed by atoms with Crippen LogP contribution in [0, 0.1) is 33.6 Å². The number of hydrogen-bond donors (Lipinski definition) is 0. The molecule has 0 aliphatic heterocycles. The van der Waals surface area contributed by atoms with Crippen molar-refractivity contribution in [3.05, 3.63) is 39.4 Å². The predicted molar refractivity (Wildman–Crippen MR) is 56.5 cm³/mol. The van der Waals surface area contributed by atoms with Crippen LogP contribution in [0.3, 0.4) is 0 Å². The second-order valence-electron chi connectivity index (χ2n) is 3.10.